The van der Waals surface area contributed by atoms with Gasteiger partial charge in [-0.3, -0.25) is 0 Å². The lowest BCUT2D eigenvalue weighted by Crippen LogP contribution is -1.93. The van der Waals surface area contributed by atoms with Crippen LogP contribution in [0.15, 0.2) is 36.4 Å². The molecule has 0 saturated carbocycles. The van der Waals surface area contributed by atoms with Crippen molar-refractivity contribution in [2.75, 3.05) is 5.73 Å². The summed E-state index contributed by atoms with van der Waals surface area (Å²) in [4.78, 5) is 0. The molecular formula is C12H8F3NO. The van der Waals surface area contributed by atoms with Gasteiger partial charge in [0.15, 0.2) is 23.1 Å². The second-order valence-electron chi connectivity index (χ2n) is 3.37. The standard InChI is InChI=1S/C12H8F3NO/c13-7-1-3-9(14)12(5-7)17-11-4-2-8(16)6-10(11)15/h1-6H,16H2. The Morgan fingerprint density at radius 1 is 0.824 bits per heavy atom. The van der Waals surface area contributed by atoms with Crippen molar-refractivity contribution < 1.29 is 17.9 Å². The Balaban J connectivity index is 2.34. The molecule has 0 bridgehead atoms. The van der Waals surface area contributed by atoms with Gasteiger partial charge in [-0.05, 0) is 24.3 Å². The van der Waals surface area contributed by atoms with Crippen molar-refractivity contribution in [3.63, 3.8) is 0 Å². The second-order valence-corrected chi connectivity index (χ2v) is 3.37. The first-order valence-electron chi connectivity index (χ1n) is 4.74. The van der Waals surface area contributed by atoms with Gasteiger partial charge < -0.3 is 10.5 Å². The van der Waals surface area contributed by atoms with Crippen LogP contribution in [0.25, 0.3) is 0 Å². The number of anilines is 1. The number of halogens is 3. The van der Waals surface area contributed by atoms with E-state index in [1.165, 1.54) is 12.1 Å². The molecule has 5 heteroatoms. The fourth-order valence-electron chi connectivity index (χ4n) is 1.27. The molecule has 0 aliphatic heterocycles. The third-order valence-corrected chi connectivity index (χ3v) is 2.07. The van der Waals surface area contributed by atoms with Crippen LogP contribution in [0, 0.1) is 17.5 Å². The van der Waals surface area contributed by atoms with Gasteiger partial charge in [-0.15, -0.1) is 0 Å². The Labute approximate surface area is 95.4 Å². The molecule has 0 unspecified atom stereocenters. The fraction of sp³-hybridized carbons (Fsp3) is 0. The summed E-state index contributed by atoms with van der Waals surface area (Å²) in [5.41, 5.74) is 5.56. The van der Waals surface area contributed by atoms with Gasteiger partial charge >= 0.3 is 0 Å². The molecule has 88 valence electrons. The molecule has 0 aliphatic carbocycles. The largest absolute Gasteiger partial charge is 0.451 e. The minimum atomic E-state index is -0.775. The molecule has 2 aromatic carbocycles. The van der Waals surface area contributed by atoms with Crippen LogP contribution in [0.1, 0.15) is 0 Å². The Morgan fingerprint density at radius 2 is 1.59 bits per heavy atom. The highest BCUT2D eigenvalue weighted by Crippen LogP contribution is 2.28. The summed E-state index contributed by atoms with van der Waals surface area (Å²) < 4.78 is 44.4. The SMILES string of the molecule is Nc1ccc(Oc2cc(F)ccc2F)c(F)c1. The number of benzene rings is 2. The highest BCUT2D eigenvalue weighted by molar-refractivity contribution is 5.44. The number of nitrogens with two attached hydrogens (primary N) is 1. The van der Waals surface area contributed by atoms with Crippen molar-refractivity contribution in [2.45, 2.75) is 0 Å². The lowest BCUT2D eigenvalue weighted by atomic mass is 10.3. The Kier molecular flexibility index (Phi) is 2.91. The molecule has 0 aliphatic rings. The number of ether oxygens (including phenoxy) is 1. The van der Waals surface area contributed by atoms with Crippen LogP contribution < -0.4 is 10.5 Å². The van der Waals surface area contributed by atoms with E-state index in [0.717, 1.165) is 24.3 Å². The van der Waals surface area contributed by atoms with Crippen LogP contribution in [-0.2, 0) is 0 Å². The first-order chi connectivity index (χ1) is 8.06. The van der Waals surface area contributed by atoms with Gasteiger partial charge in [-0.25, -0.2) is 13.2 Å². The molecule has 0 fully saturated rings. The Hall–Kier alpha value is -2.17. The van der Waals surface area contributed by atoms with E-state index in [2.05, 4.69) is 0 Å². The summed E-state index contributed by atoms with van der Waals surface area (Å²) in [6, 6.07) is 6.36. The zero-order valence-corrected chi connectivity index (χ0v) is 8.58. The van der Waals surface area contributed by atoms with E-state index in [-0.39, 0.29) is 17.2 Å². The summed E-state index contributed by atoms with van der Waals surface area (Å²) in [6.07, 6.45) is 0. The number of nitrogen functional groups attached to an aromatic ring is 1. The van der Waals surface area contributed by atoms with E-state index >= 15 is 0 Å². The Morgan fingerprint density at radius 3 is 2.29 bits per heavy atom. The van der Waals surface area contributed by atoms with E-state index in [9.17, 15) is 13.2 Å². The predicted octanol–water partition coefficient (Wildman–Crippen LogP) is 3.48. The predicted molar refractivity (Wildman–Crippen MR) is 57.2 cm³/mol. The third kappa shape index (κ3) is 2.50. The van der Waals surface area contributed by atoms with Crippen LogP contribution in [-0.4, -0.2) is 0 Å². The van der Waals surface area contributed by atoms with E-state index in [4.69, 9.17) is 10.5 Å². The molecule has 0 heterocycles. The summed E-state index contributed by atoms with van der Waals surface area (Å²) >= 11 is 0. The zero-order valence-electron chi connectivity index (χ0n) is 8.58. The van der Waals surface area contributed by atoms with Crippen LogP contribution in [0.2, 0.25) is 0 Å². The van der Waals surface area contributed by atoms with Crippen LogP contribution in [0.5, 0.6) is 11.5 Å². The molecular weight excluding hydrogens is 231 g/mol. The minimum absolute atomic E-state index is 0.217. The maximum absolute atomic E-state index is 13.3. The number of hydrogen-bond donors (Lipinski definition) is 1. The lowest BCUT2D eigenvalue weighted by molar-refractivity contribution is 0.411. The van der Waals surface area contributed by atoms with E-state index in [1.807, 2.05) is 0 Å². The highest BCUT2D eigenvalue weighted by Gasteiger charge is 2.09. The lowest BCUT2D eigenvalue weighted by Gasteiger charge is -2.08. The summed E-state index contributed by atoms with van der Waals surface area (Å²) in [6.45, 7) is 0. The molecule has 0 saturated heterocycles. The van der Waals surface area contributed by atoms with Crippen molar-refractivity contribution in [3.05, 3.63) is 53.8 Å². The monoisotopic (exact) mass is 239 g/mol. The molecule has 0 radical (unpaired) electrons. The highest BCUT2D eigenvalue weighted by atomic mass is 19.1. The zero-order chi connectivity index (χ0) is 12.4. The fourth-order valence-corrected chi connectivity index (χ4v) is 1.27. The van der Waals surface area contributed by atoms with Crippen LogP contribution >= 0.6 is 0 Å². The van der Waals surface area contributed by atoms with Gasteiger partial charge in [0.05, 0.1) is 0 Å². The van der Waals surface area contributed by atoms with Crippen molar-refractivity contribution in [3.8, 4) is 11.5 Å². The average Bonchev–Trinajstić information content (AvgIpc) is 2.27. The van der Waals surface area contributed by atoms with Crippen LogP contribution in [0.4, 0.5) is 18.9 Å². The summed E-state index contributed by atoms with van der Waals surface area (Å²) in [5.74, 6) is -2.79. The minimum Gasteiger partial charge on any atom is -0.451 e. The van der Waals surface area contributed by atoms with Gasteiger partial charge in [0.1, 0.15) is 5.82 Å². The molecule has 2 N–H and O–H groups in total. The van der Waals surface area contributed by atoms with E-state index in [0.29, 0.717) is 0 Å². The molecule has 0 amide bonds. The normalized spacial score (nSPS) is 10.3. The van der Waals surface area contributed by atoms with E-state index < -0.39 is 17.5 Å². The Bertz CT molecular complexity index is 557. The van der Waals surface area contributed by atoms with Gasteiger partial charge in [0, 0.05) is 17.8 Å². The van der Waals surface area contributed by atoms with Gasteiger partial charge in [0.2, 0.25) is 0 Å². The van der Waals surface area contributed by atoms with Crippen molar-refractivity contribution in [1.82, 2.24) is 0 Å². The molecule has 2 aromatic rings. The molecule has 17 heavy (non-hydrogen) atoms. The molecule has 2 rings (SSSR count). The number of hydrogen-bond acceptors (Lipinski definition) is 2. The average molecular weight is 239 g/mol. The quantitative estimate of drug-likeness (QED) is 0.814. The molecule has 0 aromatic heterocycles. The van der Waals surface area contributed by atoms with Gasteiger partial charge in [-0.1, -0.05) is 0 Å². The first-order valence-corrected chi connectivity index (χ1v) is 4.74. The van der Waals surface area contributed by atoms with Crippen molar-refractivity contribution >= 4 is 5.69 Å². The number of rotatable bonds is 2. The maximum Gasteiger partial charge on any atom is 0.167 e. The summed E-state index contributed by atoms with van der Waals surface area (Å²) in [7, 11) is 0. The topological polar surface area (TPSA) is 35.2 Å². The maximum atomic E-state index is 13.3. The second kappa shape index (κ2) is 4.37. The van der Waals surface area contributed by atoms with Crippen LogP contribution in [0.3, 0.4) is 0 Å². The van der Waals surface area contributed by atoms with Gasteiger partial charge in [-0.2, -0.15) is 0 Å². The molecule has 0 atom stereocenters. The molecule has 2 nitrogen and oxygen atoms in total. The van der Waals surface area contributed by atoms with E-state index in [1.54, 1.807) is 0 Å². The van der Waals surface area contributed by atoms with Gasteiger partial charge in [0.25, 0.3) is 0 Å². The molecule has 0 spiro atoms. The van der Waals surface area contributed by atoms with Crippen molar-refractivity contribution in [1.29, 1.82) is 0 Å². The van der Waals surface area contributed by atoms with Crippen molar-refractivity contribution in [2.24, 2.45) is 0 Å². The first kappa shape index (κ1) is 11.3. The summed E-state index contributed by atoms with van der Waals surface area (Å²) in [5, 5.41) is 0. The third-order valence-electron chi connectivity index (χ3n) is 2.07. The smallest absolute Gasteiger partial charge is 0.167 e.